The molecule has 26 heavy (non-hydrogen) atoms. The predicted octanol–water partition coefficient (Wildman–Crippen LogP) is 0.0748. The Kier molecular flexibility index (Phi) is 6.59. The lowest BCUT2D eigenvalue weighted by atomic mass is 10.1. The van der Waals surface area contributed by atoms with Crippen molar-refractivity contribution in [1.29, 1.82) is 0 Å². The number of rotatable bonds is 7. The number of hydrogen-bond acceptors (Lipinski definition) is 4. The first-order chi connectivity index (χ1) is 12.3. The smallest absolute Gasteiger partial charge is 0.324 e. The maximum absolute atomic E-state index is 11.6. The molecule has 144 valence electrons. The van der Waals surface area contributed by atoms with Gasteiger partial charge in [0.25, 0.3) is 0 Å². The second-order valence-corrected chi connectivity index (χ2v) is 6.49. The number of nitrogens with zero attached hydrogens (tertiary/aromatic N) is 4. The molecule has 9 nitrogen and oxygen atoms in total. The first-order valence-electron chi connectivity index (χ1n) is 8.95. The van der Waals surface area contributed by atoms with Gasteiger partial charge in [0.05, 0.1) is 25.3 Å². The van der Waals surface area contributed by atoms with E-state index in [1.807, 2.05) is 25.6 Å². The minimum absolute atomic E-state index is 0.0711. The summed E-state index contributed by atoms with van der Waals surface area (Å²) in [5.41, 5.74) is 3.44. The zero-order chi connectivity index (χ0) is 19.3. The van der Waals surface area contributed by atoms with E-state index < -0.39 is 0 Å². The molecular formula is C17H29N7O2. The Labute approximate surface area is 154 Å². The lowest BCUT2D eigenvalue weighted by Gasteiger charge is -2.18. The van der Waals surface area contributed by atoms with Gasteiger partial charge >= 0.3 is 6.03 Å². The van der Waals surface area contributed by atoms with Crippen molar-refractivity contribution >= 4 is 17.9 Å². The van der Waals surface area contributed by atoms with Crippen LogP contribution in [0.5, 0.6) is 0 Å². The van der Waals surface area contributed by atoms with E-state index in [1.165, 1.54) is 10.5 Å². The van der Waals surface area contributed by atoms with Gasteiger partial charge in [-0.05, 0) is 39.7 Å². The number of carbonyl (C=O) groups is 2. The van der Waals surface area contributed by atoms with Gasteiger partial charge in [0, 0.05) is 25.3 Å². The molecule has 9 heteroatoms. The molecule has 0 aromatic carbocycles. The molecule has 0 aliphatic carbocycles. The number of guanidine groups is 1. The molecule has 1 aromatic heterocycles. The SMILES string of the molecule is CCNC(=NCCN1C(=O)CNC1=O)NC(C)Cc1c(C)nn(C)c1C. The highest BCUT2D eigenvalue weighted by atomic mass is 16.2. The Morgan fingerprint density at radius 2 is 2.12 bits per heavy atom. The number of hydrogen-bond donors (Lipinski definition) is 3. The van der Waals surface area contributed by atoms with Crippen molar-refractivity contribution in [3.63, 3.8) is 0 Å². The zero-order valence-corrected chi connectivity index (χ0v) is 16.2. The Balaban J connectivity index is 1.93. The van der Waals surface area contributed by atoms with Gasteiger partial charge in [-0.3, -0.25) is 19.4 Å². The molecule has 1 saturated heterocycles. The number of aliphatic imine (C=N–C) groups is 1. The van der Waals surface area contributed by atoms with E-state index in [0.29, 0.717) is 12.5 Å². The van der Waals surface area contributed by atoms with Gasteiger partial charge in [-0.15, -0.1) is 0 Å². The van der Waals surface area contributed by atoms with Gasteiger partial charge in [-0.1, -0.05) is 0 Å². The van der Waals surface area contributed by atoms with Crippen molar-refractivity contribution in [3.8, 4) is 0 Å². The van der Waals surface area contributed by atoms with Crippen molar-refractivity contribution in [2.45, 2.75) is 40.2 Å². The Bertz CT molecular complexity index is 680. The lowest BCUT2D eigenvalue weighted by Crippen LogP contribution is -2.43. The average molecular weight is 363 g/mol. The number of imide groups is 1. The number of carbonyl (C=O) groups excluding carboxylic acids is 2. The Morgan fingerprint density at radius 3 is 2.65 bits per heavy atom. The molecule has 2 rings (SSSR count). The van der Waals surface area contributed by atoms with Crippen LogP contribution in [0.3, 0.4) is 0 Å². The van der Waals surface area contributed by atoms with Crippen LogP contribution in [-0.4, -0.2) is 64.8 Å². The molecule has 0 spiro atoms. The summed E-state index contributed by atoms with van der Waals surface area (Å²) in [6.07, 6.45) is 0.836. The van der Waals surface area contributed by atoms with E-state index in [4.69, 9.17) is 0 Å². The second kappa shape index (κ2) is 8.68. The lowest BCUT2D eigenvalue weighted by molar-refractivity contribution is -0.124. The van der Waals surface area contributed by atoms with Crippen molar-refractivity contribution < 1.29 is 9.59 Å². The molecule has 2 heterocycles. The fourth-order valence-electron chi connectivity index (χ4n) is 2.97. The van der Waals surface area contributed by atoms with Crippen LogP contribution in [0.15, 0.2) is 4.99 Å². The zero-order valence-electron chi connectivity index (χ0n) is 16.2. The monoisotopic (exact) mass is 363 g/mol. The minimum Gasteiger partial charge on any atom is -0.357 e. The van der Waals surface area contributed by atoms with Crippen molar-refractivity contribution in [1.82, 2.24) is 30.6 Å². The first-order valence-corrected chi connectivity index (χ1v) is 8.95. The number of amides is 3. The minimum atomic E-state index is -0.348. The van der Waals surface area contributed by atoms with E-state index in [1.54, 1.807) is 0 Å². The third kappa shape index (κ3) is 4.74. The quantitative estimate of drug-likeness (QED) is 0.361. The van der Waals surface area contributed by atoms with E-state index in [0.717, 1.165) is 24.4 Å². The fourth-order valence-corrected chi connectivity index (χ4v) is 2.97. The summed E-state index contributed by atoms with van der Waals surface area (Å²) in [6.45, 7) is 9.60. The van der Waals surface area contributed by atoms with E-state index in [-0.39, 0.29) is 31.1 Å². The van der Waals surface area contributed by atoms with Gasteiger partial charge in [0.15, 0.2) is 5.96 Å². The molecule has 1 aliphatic heterocycles. The summed E-state index contributed by atoms with van der Waals surface area (Å²) in [7, 11) is 1.95. The molecule has 0 radical (unpaired) electrons. The standard InChI is InChI=1S/C17H29N7O2/c1-6-18-16(19-7-8-24-15(25)10-20-17(24)26)21-11(2)9-14-12(3)22-23(5)13(14)4/h11H,6-10H2,1-5H3,(H,20,26)(H2,18,19,21). The van der Waals surface area contributed by atoms with Crippen LogP contribution in [-0.2, 0) is 18.3 Å². The number of urea groups is 1. The van der Waals surface area contributed by atoms with Gasteiger partial charge in [0.2, 0.25) is 5.91 Å². The fraction of sp³-hybridized carbons (Fsp3) is 0.647. The van der Waals surface area contributed by atoms with Crippen LogP contribution in [0.1, 0.15) is 30.8 Å². The first kappa shape index (κ1) is 19.7. The number of nitrogens with one attached hydrogen (secondary N) is 3. The third-order valence-corrected chi connectivity index (χ3v) is 4.43. The highest BCUT2D eigenvalue weighted by molar-refractivity contribution is 6.01. The van der Waals surface area contributed by atoms with Gasteiger partial charge < -0.3 is 16.0 Å². The summed E-state index contributed by atoms with van der Waals surface area (Å²) in [5, 5.41) is 13.5. The molecular weight excluding hydrogens is 334 g/mol. The number of aromatic nitrogens is 2. The van der Waals surface area contributed by atoms with Gasteiger partial charge in [0.1, 0.15) is 0 Å². The van der Waals surface area contributed by atoms with Crippen LogP contribution < -0.4 is 16.0 Å². The van der Waals surface area contributed by atoms with Crippen LogP contribution >= 0.6 is 0 Å². The maximum atomic E-state index is 11.6. The largest absolute Gasteiger partial charge is 0.357 e. The van der Waals surface area contributed by atoms with Crippen LogP contribution in [0.2, 0.25) is 0 Å². The molecule has 3 amide bonds. The van der Waals surface area contributed by atoms with Crippen molar-refractivity contribution in [3.05, 3.63) is 17.0 Å². The van der Waals surface area contributed by atoms with Crippen molar-refractivity contribution in [2.75, 3.05) is 26.2 Å². The summed E-state index contributed by atoms with van der Waals surface area (Å²) in [6, 6.07) is -0.190. The molecule has 3 N–H and O–H groups in total. The predicted molar refractivity (Wildman–Crippen MR) is 100 cm³/mol. The number of aryl methyl sites for hydroxylation is 2. The highest BCUT2D eigenvalue weighted by Crippen LogP contribution is 2.14. The molecule has 0 saturated carbocycles. The Hall–Kier alpha value is -2.58. The topological polar surface area (TPSA) is 104 Å². The molecule has 1 atom stereocenters. The second-order valence-electron chi connectivity index (χ2n) is 6.49. The van der Waals surface area contributed by atoms with E-state index in [9.17, 15) is 9.59 Å². The summed E-state index contributed by atoms with van der Waals surface area (Å²) < 4.78 is 1.90. The summed E-state index contributed by atoms with van der Waals surface area (Å²) in [4.78, 5) is 28.8. The summed E-state index contributed by atoms with van der Waals surface area (Å²) in [5.74, 6) is 0.463. The van der Waals surface area contributed by atoms with E-state index in [2.05, 4.69) is 39.9 Å². The normalized spacial score (nSPS) is 16.0. The highest BCUT2D eigenvalue weighted by Gasteiger charge is 2.27. The van der Waals surface area contributed by atoms with Crippen molar-refractivity contribution in [2.24, 2.45) is 12.0 Å². The Morgan fingerprint density at radius 1 is 1.38 bits per heavy atom. The molecule has 1 aliphatic rings. The molecule has 1 unspecified atom stereocenters. The molecule has 1 aromatic rings. The van der Waals surface area contributed by atoms with E-state index >= 15 is 0 Å². The van der Waals surface area contributed by atoms with Gasteiger partial charge in [-0.25, -0.2) is 4.79 Å². The maximum Gasteiger partial charge on any atom is 0.324 e. The average Bonchev–Trinajstić information content (AvgIpc) is 3.02. The van der Waals surface area contributed by atoms with Crippen LogP contribution in [0.4, 0.5) is 4.79 Å². The molecule has 0 bridgehead atoms. The molecule has 1 fully saturated rings. The van der Waals surface area contributed by atoms with Crippen LogP contribution in [0, 0.1) is 13.8 Å². The van der Waals surface area contributed by atoms with Gasteiger partial charge in [-0.2, -0.15) is 5.10 Å². The van der Waals surface area contributed by atoms with Crippen LogP contribution in [0.25, 0.3) is 0 Å². The summed E-state index contributed by atoms with van der Waals surface area (Å²) >= 11 is 0. The third-order valence-electron chi connectivity index (χ3n) is 4.43.